The van der Waals surface area contributed by atoms with Crippen molar-refractivity contribution < 1.29 is 23.2 Å². The summed E-state index contributed by atoms with van der Waals surface area (Å²) in [7, 11) is -3.90. The first-order valence-corrected chi connectivity index (χ1v) is 9.54. The summed E-state index contributed by atoms with van der Waals surface area (Å²) in [6.45, 7) is 8.05. The number of imide groups is 1. The van der Waals surface area contributed by atoms with E-state index < -0.39 is 10.2 Å². The molecule has 0 aromatic heterocycles. The van der Waals surface area contributed by atoms with Gasteiger partial charge in [-0.2, -0.15) is 12.7 Å². The standard InChI is InChI=1S/C14H26N4O5S/c1-10(2)15-5-6-16(14(15)20)13(19)7-12-8-17(11(3)4)24(22,23)18(21)9-12/h10-12,21H,5-9H2,1-4H3. The van der Waals surface area contributed by atoms with Crippen molar-refractivity contribution >= 4 is 22.1 Å². The Hall–Kier alpha value is -1.23. The van der Waals surface area contributed by atoms with Gasteiger partial charge in [-0.25, -0.2) is 4.79 Å². The van der Waals surface area contributed by atoms with Crippen LogP contribution in [0.2, 0.25) is 0 Å². The van der Waals surface area contributed by atoms with E-state index in [0.29, 0.717) is 17.6 Å². The molecule has 0 radical (unpaired) electrons. The van der Waals surface area contributed by atoms with Crippen molar-refractivity contribution in [3.8, 4) is 0 Å². The molecule has 2 rings (SSSR count). The number of hydrogen-bond donors (Lipinski definition) is 1. The molecule has 138 valence electrons. The van der Waals surface area contributed by atoms with Gasteiger partial charge in [0.2, 0.25) is 5.91 Å². The van der Waals surface area contributed by atoms with Gasteiger partial charge >= 0.3 is 16.2 Å². The van der Waals surface area contributed by atoms with Gasteiger partial charge in [-0.05, 0) is 33.6 Å². The average molecular weight is 362 g/mol. The lowest BCUT2D eigenvalue weighted by atomic mass is 10.0. The maximum absolute atomic E-state index is 12.4. The molecule has 2 aliphatic heterocycles. The van der Waals surface area contributed by atoms with Crippen molar-refractivity contribution in [1.82, 2.24) is 18.6 Å². The minimum Gasteiger partial charge on any atom is -0.320 e. The topological polar surface area (TPSA) is 101 Å². The first-order valence-electron chi connectivity index (χ1n) is 8.15. The van der Waals surface area contributed by atoms with Gasteiger partial charge in [0, 0.05) is 44.7 Å². The zero-order valence-electron chi connectivity index (χ0n) is 14.5. The van der Waals surface area contributed by atoms with Crippen LogP contribution in [0, 0.1) is 5.92 Å². The molecular weight excluding hydrogens is 336 g/mol. The molecule has 10 heteroatoms. The normalized spacial score (nSPS) is 26.0. The van der Waals surface area contributed by atoms with Crippen LogP contribution in [0.4, 0.5) is 4.79 Å². The highest BCUT2D eigenvalue weighted by Gasteiger charge is 2.41. The Balaban J connectivity index is 2.04. The number of urea groups is 1. The molecule has 3 amide bonds. The highest BCUT2D eigenvalue weighted by molar-refractivity contribution is 7.86. The fourth-order valence-electron chi connectivity index (χ4n) is 3.07. The summed E-state index contributed by atoms with van der Waals surface area (Å²) in [5.41, 5.74) is 0. The summed E-state index contributed by atoms with van der Waals surface area (Å²) in [6, 6.07) is -0.605. The lowest BCUT2D eigenvalue weighted by Gasteiger charge is -2.38. The minimum absolute atomic E-state index is 0.0213. The molecule has 1 N–H and O–H groups in total. The number of hydroxylamine groups is 1. The zero-order chi connectivity index (χ0) is 18.2. The lowest BCUT2D eigenvalue weighted by molar-refractivity contribution is -0.129. The van der Waals surface area contributed by atoms with E-state index in [9.17, 15) is 23.2 Å². The maximum Gasteiger partial charge on any atom is 0.327 e. The summed E-state index contributed by atoms with van der Waals surface area (Å²) >= 11 is 0. The predicted molar refractivity (Wildman–Crippen MR) is 86.3 cm³/mol. The van der Waals surface area contributed by atoms with E-state index in [2.05, 4.69) is 0 Å². The third kappa shape index (κ3) is 3.56. The van der Waals surface area contributed by atoms with Crippen molar-refractivity contribution in [3.05, 3.63) is 0 Å². The summed E-state index contributed by atoms with van der Waals surface area (Å²) in [5.74, 6) is -0.695. The molecule has 0 saturated carbocycles. The summed E-state index contributed by atoms with van der Waals surface area (Å²) in [5, 5.41) is 9.78. The van der Waals surface area contributed by atoms with Gasteiger partial charge in [-0.15, -0.1) is 0 Å². The lowest BCUT2D eigenvalue weighted by Crippen LogP contribution is -2.55. The van der Waals surface area contributed by atoms with Crippen LogP contribution in [0.5, 0.6) is 0 Å². The van der Waals surface area contributed by atoms with Crippen LogP contribution in [0.15, 0.2) is 0 Å². The van der Waals surface area contributed by atoms with Crippen LogP contribution in [-0.4, -0.2) is 82.4 Å². The van der Waals surface area contributed by atoms with Gasteiger partial charge in [0.05, 0.1) is 0 Å². The highest BCUT2D eigenvalue weighted by atomic mass is 32.2. The van der Waals surface area contributed by atoms with Crippen molar-refractivity contribution in [1.29, 1.82) is 0 Å². The number of carbonyl (C=O) groups excluding carboxylic acids is 2. The smallest absolute Gasteiger partial charge is 0.320 e. The molecule has 24 heavy (non-hydrogen) atoms. The van der Waals surface area contributed by atoms with E-state index >= 15 is 0 Å². The molecule has 2 aliphatic rings. The van der Waals surface area contributed by atoms with Gasteiger partial charge in [-0.3, -0.25) is 14.9 Å². The minimum atomic E-state index is -3.90. The van der Waals surface area contributed by atoms with E-state index in [1.807, 2.05) is 13.8 Å². The van der Waals surface area contributed by atoms with E-state index in [0.717, 1.165) is 0 Å². The number of rotatable bonds is 4. The fraction of sp³-hybridized carbons (Fsp3) is 0.857. The molecule has 0 bridgehead atoms. The highest BCUT2D eigenvalue weighted by Crippen LogP contribution is 2.24. The Morgan fingerprint density at radius 3 is 2.29 bits per heavy atom. The molecule has 0 aromatic rings. The van der Waals surface area contributed by atoms with Crippen molar-refractivity contribution in [2.45, 2.75) is 46.2 Å². The molecule has 1 atom stereocenters. The van der Waals surface area contributed by atoms with Crippen LogP contribution in [-0.2, 0) is 15.0 Å². The van der Waals surface area contributed by atoms with E-state index in [1.165, 1.54) is 9.21 Å². The Kier molecular flexibility index (Phi) is 5.53. The van der Waals surface area contributed by atoms with E-state index in [-0.39, 0.29) is 49.5 Å². The molecule has 0 aromatic carbocycles. The van der Waals surface area contributed by atoms with Gasteiger partial charge < -0.3 is 4.90 Å². The molecule has 0 spiro atoms. The Bertz CT molecular complexity index is 606. The second-order valence-electron chi connectivity index (χ2n) is 6.86. The summed E-state index contributed by atoms with van der Waals surface area (Å²) in [6.07, 6.45) is 0.0213. The van der Waals surface area contributed by atoms with Crippen molar-refractivity contribution in [2.75, 3.05) is 26.2 Å². The first kappa shape index (κ1) is 19.1. The molecule has 2 fully saturated rings. The molecular formula is C14H26N4O5S. The number of hydrogen-bond acceptors (Lipinski definition) is 5. The predicted octanol–water partition coefficient (Wildman–Crippen LogP) is 0.325. The monoisotopic (exact) mass is 362 g/mol. The van der Waals surface area contributed by atoms with E-state index in [1.54, 1.807) is 18.7 Å². The fourth-order valence-corrected chi connectivity index (χ4v) is 4.64. The first-order chi connectivity index (χ1) is 11.1. The van der Waals surface area contributed by atoms with Crippen molar-refractivity contribution in [2.24, 2.45) is 5.92 Å². The Morgan fingerprint density at radius 1 is 1.17 bits per heavy atom. The molecule has 2 heterocycles. The second-order valence-corrected chi connectivity index (χ2v) is 8.65. The van der Waals surface area contributed by atoms with Crippen LogP contribution in [0.3, 0.4) is 0 Å². The third-order valence-electron chi connectivity index (χ3n) is 4.42. The largest absolute Gasteiger partial charge is 0.327 e. The van der Waals surface area contributed by atoms with Gasteiger partial charge in [0.15, 0.2) is 0 Å². The maximum atomic E-state index is 12.4. The zero-order valence-corrected chi connectivity index (χ0v) is 15.4. The van der Waals surface area contributed by atoms with Crippen molar-refractivity contribution in [3.63, 3.8) is 0 Å². The quantitative estimate of drug-likeness (QED) is 0.776. The average Bonchev–Trinajstić information content (AvgIpc) is 2.84. The van der Waals surface area contributed by atoms with Gasteiger partial charge in [0.25, 0.3) is 0 Å². The summed E-state index contributed by atoms with van der Waals surface area (Å²) in [4.78, 5) is 27.5. The van der Waals surface area contributed by atoms with Gasteiger partial charge in [-0.1, -0.05) is 4.47 Å². The molecule has 0 aliphatic carbocycles. The SMILES string of the molecule is CC(C)N1CCN(C(=O)CC2CN(O)S(=O)(=O)N(C(C)C)C2)C1=O. The molecule has 1 unspecified atom stereocenters. The van der Waals surface area contributed by atoms with Crippen LogP contribution < -0.4 is 0 Å². The van der Waals surface area contributed by atoms with E-state index in [4.69, 9.17) is 0 Å². The van der Waals surface area contributed by atoms with Crippen LogP contribution in [0.25, 0.3) is 0 Å². The second kappa shape index (κ2) is 6.95. The third-order valence-corrected chi connectivity index (χ3v) is 6.27. The molecule has 2 saturated heterocycles. The Labute approximate surface area is 142 Å². The van der Waals surface area contributed by atoms with Crippen LogP contribution in [0.1, 0.15) is 34.1 Å². The number of carbonyl (C=O) groups is 2. The van der Waals surface area contributed by atoms with Gasteiger partial charge in [0.1, 0.15) is 0 Å². The number of amides is 3. The van der Waals surface area contributed by atoms with Crippen LogP contribution >= 0.6 is 0 Å². The number of nitrogens with zero attached hydrogens (tertiary/aromatic N) is 4. The summed E-state index contributed by atoms with van der Waals surface area (Å²) < 4.78 is 25.6. The molecule has 9 nitrogen and oxygen atoms in total. The Morgan fingerprint density at radius 2 is 1.79 bits per heavy atom.